The van der Waals surface area contributed by atoms with Gasteiger partial charge >= 0.3 is 0 Å². The van der Waals surface area contributed by atoms with Crippen LogP contribution in [0.25, 0.3) is 10.4 Å². The van der Waals surface area contributed by atoms with E-state index in [2.05, 4.69) is 37.7 Å². The van der Waals surface area contributed by atoms with Crippen molar-refractivity contribution in [3.8, 4) is 10.4 Å². The molecule has 5 nitrogen and oxygen atoms in total. The van der Waals surface area contributed by atoms with Gasteiger partial charge in [0.15, 0.2) is 5.13 Å². The van der Waals surface area contributed by atoms with Crippen molar-refractivity contribution in [1.29, 1.82) is 0 Å². The Labute approximate surface area is 151 Å². The number of hydrogen-bond donors (Lipinski definition) is 2. The molecule has 1 fully saturated rings. The zero-order valence-corrected chi connectivity index (χ0v) is 14.8. The normalized spacial score (nSPS) is 16.9. The largest absolute Gasteiger partial charge is 0.316 e. The van der Waals surface area contributed by atoms with E-state index in [4.69, 9.17) is 0 Å². The van der Waals surface area contributed by atoms with E-state index < -0.39 is 0 Å². The van der Waals surface area contributed by atoms with Gasteiger partial charge in [0.2, 0.25) is 0 Å². The van der Waals surface area contributed by atoms with Gasteiger partial charge in [-0.2, -0.15) is 0 Å². The van der Waals surface area contributed by atoms with Crippen molar-refractivity contribution in [2.24, 2.45) is 0 Å². The molecule has 0 saturated carbocycles. The molecule has 1 saturated heterocycles. The van der Waals surface area contributed by atoms with Gasteiger partial charge in [-0.15, -0.1) is 0 Å². The first-order chi connectivity index (χ1) is 12.4. The summed E-state index contributed by atoms with van der Waals surface area (Å²) in [7, 11) is 0. The molecule has 1 aliphatic heterocycles. The molecule has 2 aromatic heterocycles. The summed E-state index contributed by atoms with van der Waals surface area (Å²) in [6.45, 7) is 1.15. The highest BCUT2D eigenvalue weighted by molar-refractivity contribution is 7.18. The maximum absolute atomic E-state index is 4.46. The molecule has 2 N–H and O–H groups in total. The zero-order valence-electron chi connectivity index (χ0n) is 14.0. The van der Waals surface area contributed by atoms with Crippen LogP contribution in [0, 0.1) is 0 Å². The van der Waals surface area contributed by atoms with Crippen LogP contribution in [0.4, 0.5) is 10.9 Å². The number of rotatable bonds is 6. The van der Waals surface area contributed by atoms with E-state index >= 15 is 0 Å². The lowest BCUT2D eigenvalue weighted by Gasteiger charge is -2.09. The Kier molecular flexibility index (Phi) is 4.99. The average molecular weight is 351 g/mol. The maximum Gasteiger partial charge on any atom is 0.188 e. The minimum absolute atomic E-state index is 0.638. The van der Waals surface area contributed by atoms with E-state index in [9.17, 15) is 0 Å². The van der Waals surface area contributed by atoms with E-state index in [1.165, 1.54) is 18.4 Å². The molecule has 0 spiro atoms. The van der Waals surface area contributed by atoms with Gasteiger partial charge in [0, 0.05) is 24.0 Å². The highest BCUT2D eigenvalue weighted by Crippen LogP contribution is 2.30. The van der Waals surface area contributed by atoms with Gasteiger partial charge in [-0.3, -0.25) is 0 Å². The second-order valence-electron chi connectivity index (χ2n) is 6.25. The molecule has 0 amide bonds. The summed E-state index contributed by atoms with van der Waals surface area (Å²) < 4.78 is 0. The number of hydrogen-bond acceptors (Lipinski definition) is 6. The standard InChI is InChI=1S/C19H21N5S/c1-2-5-14(6-3-1)17-12-21-19(25-17)24-18-11-16(22-13-23-18)9-8-15-7-4-10-20-15/h1-3,5-6,11-13,15,20H,4,7-10H2,(H,21,22,23,24)/t15-/m0/s1. The summed E-state index contributed by atoms with van der Waals surface area (Å²) in [5.41, 5.74) is 2.26. The SMILES string of the molecule is c1ccc(-c2cnc(Nc3cc(CC[C@@H]4CCCN4)ncn3)s2)cc1. The summed E-state index contributed by atoms with van der Waals surface area (Å²) in [6.07, 6.45) is 8.20. The lowest BCUT2D eigenvalue weighted by molar-refractivity contribution is 0.555. The number of anilines is 2. The van der Waals surface area contributed by atoms with E-state index in [1.807, 2.05) is 30.5 Å². The summed E-state index contributed by atoms with van der Waals surface area (Å²) >= 11 is 1.63. The topological polar surface area (TPSA) is 62.7 Å². The number of aromatic nitrogens is 3. The fourth-order valence-corrected chi connectivity index (χ4v) is 3.93. The van der Waals surface area contributed by atoms with Gasteiger partial charge in [-0.25, -0.2) is 15.0 Å². The molecule has 1 atom stereocenters. The Balaban J connectivity index is 1.40. The van der Waals surface area contributed by atoms with Gasteiger partial charge in [0.25, 0.3) is 0 Å². The Hall–Kier alpha value is -2.31. The molecular formula is C19H21N5S. The highest BCUT2D eigenvalue weighted by atomic mass is 32.1. The third kappa shape index (κ3) is 4.21. The fraction of sp³-hybridized carbons (Fsp3) is 0.316. The first-order valence-electron chi connectivity index (χ1n) is 8.69. The van der Waals surface area contributed by atoms with Crippen LogP contribution >= 0.6 is 11.3 Å². The molecule has 4 rings (SSSR count). The quantitative estimate of drug-likeness (QED) is 0.702. The molecule has 0 aliphatic carbocycles. The van der Waals surface area contributed by atoms with Crippen LogP contribution in [0.3, 0.4) is 0 Å². The molecule has 6 heteroatoms. The molecular weight excluding hydrogens is 330 g/mol. The van der Waals surface area contributed by atoms with E-state index in [1.54, 1.807) is 17.7 Å². The summed E-state index contributed by atoms with van der Waals surface area (Å²) in [5.74, 6) is 0.804. The van der Waals surface area contributed by atoms with Gasteiger partial charge in [-0.05, 0) is 37.8 Å². The van der Waals surface area contributed by atoms with Crippen molar-refractivity contribution in [2.45, 2.75) is 31.7 Å². The van der Waals surface area contributed by atoms with Crippen molar-refractivity contribution in [1.82, 2.24) is 20.3 Å². The molecule has 1 aromatic carbocycles. The van der Waals surface area contributed by atoms with Gasteiger partial charge < -0.3 is 10.6 Å². The average Bonchev–Trinajstić information content (AvgIpc) is 3.33. The third-order valence-corrected chi connectivity index (χ3v) is 5.40. The molecule has 1 aliphatic rings. The van der Waals surface area contributed by atoms with Crippen LogP contribution < -0.4 is 10.6 Å². The smallest absolute Gasteiger partial charge is 0.188 e. The molecule has 3 heterocycles. The number of nitrogens with one attached hydrogen (secondary N) is 2. The Morgan fingerprint density at radius 1 is 1.16 bits per heavy atom. The molecule has 25 heavy (non-hydrogen) atoms. The monoisotopic (exact) mass is 351 g/mol. The zero-order chi connectivity index (χ0) is 16.9. The Morgan fingerprint density at radius 3 is 2.92 bits per heavy atom. The number of thiazole rings is 1. The van der Waals surface area contributed by atoms with Crippen LogP contribution in [-0.2, 0) is 6.42 Å². The van der Waals surface area contributed by atoms with Gasteiger partial charge in [0.1, 0.15) is 12.1 Å². The van der Waals surface area contributed by atoms with Crippen molar-refractivity contribution in [2.75, 3.05) is 11.9 Å². The predicted molar refractivity (Wildman–Crippen MR) is 102 cm³/mol. The first kappa shape index (κ1) is 16.2. The van der Waals surface area contributed by atoms with E-state index in [0.717, 1.165) is 40.9 Å². The van der Waals surface area contributed by atoms with E-state index in [0.29, 0.717) is 6.04 Å². The van der Waals surface area contributed by atoms with Crippen LogP contribution in [-0.4, -0.2) is 27.5 Å². The second kappa shape index (κ2) is 7.72. The van der Waals surface area contributed by atoms with Gasteiger partial charge in [-0.1, -0.05) is 41.7 Å². The molecule has 3 aromatic rings. The summed E-state index contributed by atoms with van der Waals surface area (Å²) in [5, 5.41) is 7.68. The molecule has 0 unspecified atom stereocenters. The van der Waals surface area contributed by atoms with Crippen molar-refractivity contribution in [3.05, 3.63) is 54.6 Å². The van der Waals surface area contributed by atoms with E-state index in [-0.39, 0.29) is 0 Å². The van der Waals surface area contributed by atoms with Crippen LogP contribution in [0.5, 0.6) is 0 Å². The van der Waals surface area contributed by atoms with Crippen LogP contribution in [0.15, 0.2) is 48.9 Å². The highest BCUT2D eigenvalue weighted by Gasteiger charge is 2.14. The predicted octanol–water partition coefficient (Wildman–Crippen LogP) is 4.03. The van der Waals surface area contributed by atoms with Crippen molar-refractivity contribution < 1.29 is 0 Å². The Morgan fingerprint density at radius 2 is 2.08 bits per heavy atom. The number of aryl methyl sites for hydroxylation is 1. The lowest BCUT2D eigenvalue weighted by atomic mass is 10.1. The first-order valence-corrected chi connectivity index (χ1v) is 9.51. The minimum Gasteiger partial charge on any atom is -0.316 e. The molecule has 0 bridgehead atoms. The lowest BCUT2D eigenvalue weighted by Crippen LogP contribution is -2.21. The minimum atomic E-state index is 0.638. The third-order valence-electron chi connectivity index (χ3n) is 4.43. The maximum atomic E-state index is 4.46. The Bertz CT molecular complexity index is 811. The van der Waals surface area contributed by atoms with Crippen molar-refractivity contribution in [3.63, 3.8) is 0 Å². The van der Waals surface area contributed by atoms with Crippen molar-refractivity contribution >= 4 is 22.3 Å². The van der Waals surface area contributed by atoms with Crippen LogP contribution in [0.2, 0.25) is 0 Å². The summed E-state index contributed by atoms with van der Waals surface area (Å²) in [4.78, 5) is 14.3. The number of benzene rings is 1. The second-order valence-corrected chi connectivity index (χ2v) is 7.28. The summed E-state index contributed by atoms with van der Waals surface area (Å²) in [6, 6.07) is 13.0. The molecule has 128 valence electrons. The molecule has 0 radical (unpaired) electrons. The van der Waals surface area contributed by atoms with Gasteiger partial charge in [0.05, 0.1) is 4.88 Å². The van der Waals surface area contributed by atoms with Crippen LogP contribution in [0.1, 0.15) is 25.0 Å². The number of nitrogens with zero attached hydrogens (tertiary/aromatic N) is 3. The fourth-order valence-electron chi connectivity index (χ4n) is 3.11.